The average Bonchev–Trinajstić information content (AvgIpc) is 2.27. The van der Waals surface area contributed by atoms with Gasteiger partial charge in [-0.05, 0) is 12.1 Å². The summed E-state index contributed by atoms with van der Waals surface area (Å²) < 4.78 is 2.20. The van der Waals surface area contributed by atoms with Gasteiger partial charge in [0.05, 0.1) is 5.69 Å². The topological polar surface area (TPSA) is 56.9 Å². The van der Waals surface area contributed by atoms with Crippen LogP contribution in [0.25, 0.3) is 5.69 Å². The maximum absolute atomic E-state index is 11.7. The van der Waals surface area contributed by atoms with Crippen LogP contribution in [0.1, 0.15) is 0 Å². The minimum atomic E-state index is -0.450. The van der Waals surface area contributed by atoms with Crippen LogP contribution in [0.3, 0.4) is 0 Å². The summed E-state index contributed by atoms with van der Waals surface area (Å²) in [5, 5.41) is 3.78. The van der Waals surface area contributed by atoms with Crippen LogP contribution >= 0.6 is 0 Å². The van der Waals surface area contributed by atoms with Crippen LogP contribution < -0.4 is 11.2 Å². The van der Waals surface area contributed by atoms with E-state index in [1.54, 1.807) is 24.3 Å². The first-order valence-corrected chi connectivity index (χ1v) is 4.41. The zero-order chi connectivity index (χ0) is 10.8. The highest BCUT2D eigenvalue weighted by Gasteiger charge is 2.03. The molecule has 0 radical (unpaired) electrons. The van der Waals surface area contributed by atoms with E-state index in [1.165, 1.54) is 11.7 Å². The van der Waals surface area contributed by atoms with Crippen molar-refractivity contribution in [2.75, 3.05) is 0 Å². The van der Waals surface area contributed by atoms with E-state index in [4.69, 9.17) is 0 Å². The van der Waals surface area contributed by atoms with Gasteiger partial charge in [0, 0.05) is 7.05 Å². The lowest BCUT2D eigenvalue weighted by molar-refractivity contribution is 0.655. The number of hydrogen-bond acceptors (Lipinski definition) is 3. The van der Waals surface area contributed by atoms with Crippen LogP contribution in [0.4, 0.5) is 0 Å². The quantitative estimate of drug-likeness (QED) is 0.652. The first-order chi connectivity index (χ1) is 7.20. The van der Waals surface area contributed by atoms with E-state index < -0.39 is 11.2 Å². The van der Waals surface area contributed by atoms with Gasteiger partial charge in [-0.15, -0.1) is 0 Å². The Balaban J connectivity index is 2.71. The fraction of sp³-hybridized carbons (Fsp3) is 0.100. The minimum absolute atomic E-state index is 0.410. The molecule has 0 aliphatic carbocycles. The Kier molecular flexibility index (Phi) is 2.21. The van der Waals surface area contributed by atoms with E-state index >= 15 is 0 Å². The SMILES string of the molecule is Cn1c(=O)cnn(-c2ccccc2)c1=O. The van der Waals surface area contributed by atoms with E-state index in [-0.39, 0.29) is 0 Å². The Morgan fingerprint density at radius 2 is 1.80 bits per heavy atom. The normalized spacial score (nSPS) is 10.2. The summed E-state index contributed by atoms with van der Waals surface area (Å²) in [6.07, 6.45) is 1.12. The molecule has 0 atom stereocenters. The predicted octanol–water partition coefficient (Wildman–Crippen LogP) is -0.0688. The van der Waals surface area contributed by atoms with Crippen LogP contribution in [0.2, 0.25) is 0 Å². The molecule has 0 fully saturated rings. The van der Waals surface area contributed by atoms with Crippen LogP contribution in [0.15, 0.2) is 46.1 Å². The van der Waals surface area contributed by atoms with Crippen molar-refractivity contribution in [3.8, 4) is 5.69 Å². The molecule has 2 aromatic rings. The molecule has 5 heteroatoms. The number of benzene rings is 1. The lowest BCUT2D eigenvalue weighted by Gasteiger charge is -2.04. The molecule has 0 aliphatic heterocycles. The molecule has 0 spiro atoms. The summed E-state index contributed by atoms with van der Waals surface area (Å²) in [5.41, 5.74) is -0.223. The fourth-order valence-electron chi connectivity index (χ4n) is 1.23. The van der Waals surface area contributed by atoms with Crippen molar-refractivity contribution in [2.24, 2.45) is 7.05 Å². The van der Waals surface area contributed by atoms with Gasteiger partial charge in [0.25, 0.3) is 5.56 Å². The number of nitrogens with zero attached hydrogens (tertiary/aromatic N) is 3. The zero-order valence-corrected chi connectivity index (χ0v) is 8.12. The van der Waals surface area contributed by atoms with Gasteiger partial charge in [-0.25, -0.2) is 4.79 Å². The van der Waals surface area contributed by atoms with Gasteiger partial charge in [-0.1, -0.05) is 18.2 Å². The number of rotatable bonds is 1. The summed E-state index contributed by atoms with van der Waals surface area (Å²) in [7, 11) is 1.42. The Morgan fingerprint density at radius 3 is 2.47 bits per heavy atom. The second-order valence-electron chi connectivity index (χ2n) is 3.07. The zero-order valence-electron chi connectivity index (χ0n) is 8.12. The molecule has 1 aromatic carbocycles. The highest BCUT2D eigenvalue weighted by molar-refractivity contribution is 5.29. The lowest BCUT2D eigenvalue weighted by Crippen LogP contribution is -2.38. The number of para-hydroxylation sites is 1. The highest BCUT2D eigenvalue weighted by atomic mass is 16.2. The van der Waals surface area contributed by atoms with Crippen LogP contribution in [-0.2, 0) is 7.05 Å². The standard InChI is InChI=1S/C10H9N3O2/c1-12-9(14)7-11-13(10(12)15)8-5-3-2-4-6-8/h2-7H,1H3. The first-order valence-electron chi connectivity index (χ1n) is 4.41. The third-order valence-corrected chi connectivity index (χ3v) is 2.08. The summed E-state index contributed by atoms with van der Waals surface area (Å²) >= 11 is 0. The highest BCUT2D eigenvalue weighted by Crippen LogP contribution is 1.99. The third kappa shape index (κ3) is 1.59. The van der Waals surface area contributed by atoms with Gasteiger partial charge >= 0.3 is 5.69 Å². The lowest BCUT2D eigenvalue weighted by atomic mass is 10.3. The van der Waals surface area contributed by atoms with Crippen LogP contribution in [0, 0.1) is 0 Å². The minimum Gasteiger partial charge on any atom is -0.267 e. The summed E-state index contributed by atoms with van der Waals surface area (Å²) in [5.74, 6) is 0. The maximum atomic E-state index is 11.7. The van der Waals surface area contributed by atoms with E-state index in [9.17, 15) is 9.59 Å². The van der Waals surface area contributed by atoms with Gasteiger partial charge in [0.2, 0.25) is 0 Å². The molecule has 0 amide bonds. The number of hydrogen-bond donors (Lipinski definition) is 0. The van der Waals surface area contributed by atoms with Gasteiger partial charge in [-0.3, -0.25) is 9.36 Å². The second-order valence-corrected chi connectivity index (χ2v) is 3.07. The van der Waals surface area contributed by atoms with Crippen LogP contribution in [0.5, 0.6) is 0 Å². The van der Waals surface area contributed by atoms with Crippen molar-refractivity contribution in [1.29, 1.82) is 0 Å². The smallest absolute Gasteiger partial charge is 0.267 e. The van der Waals surface area contributed by atoms with Crippen LogP contribution in [-0.4, -0.2) is 14.3 Å². The molecule has 0 saturated carbocycles. The van der Waals surface area contributed by atoms with Crippen molar-refractivity contribution >= 4 is 0 Å². The molecule has 0 aliphatic rings. The molecule has 2 rings (SSSR count). The molecule has 1 heterocycles. The van der Waals surface area contributed by atoms with Crippen molar-refractivity contribution in [3.63, 3.8) is 0 Å². The number of aromatic nitrogens is 3. The Bertz CT molecular complexity index is 584. The molecule has 0 saturated heterocycles. The fourth-order valence-corrected chi connectivity index (χ4v) is 1.23. The van der Waals surface area contributed by atoms with E-state index in [2.05, 4.69) is 5.10 Å². The summed E-state index contributed by atoms with van der Waals surface area (Å²) in [4.78, 5) is 22.8. The molecule has 0 N–H and O–H groups in total. The molecule has 15 heavy (non-hydrogen) atoms. The van der Waals surface area contributed by atoms with Gasteiger partial charge < -0.3 is 0 Å². The predicted molar refractivity (Wildman–Crippen MR) is 55.1 cm³/mol. The van der Waals surface area contributed by atoms with Gasteiger partial charge in [0.1, 0.15) is 6.20 Å². The molecule has 0 bridgehead atoms. The monoisotopic (exact) mass is 203 g/mol. The van der Waals surface area contributed by atoms with Gasteiger partial charge in [-0.2, -0.15) is 9.78 Å². The summed E-state index contributed by atoms with van der Waals surface area (Å²) in [6.45, 7) is 0. The third-order valence-electron chi connectivity index (χ3n) is 2.08. The molecular weight excluding hydrogens is 194 g/mol. The molecular formula is C10H9N3O2. The van der Waals surface area contributed by atoms with Gasteiger partial charge in [0.15, 0.2) is 0 Å². The molecule has 5 nitrogen and oxygen atoms in total. The van der Waals surface area contributed by atoms with E-state index in [0.29, 0.717) is 5.69 Å². The van der Waals surface area contributed by atoms with E-state index in [0.717, 1.165) is 10.8 Å². The largest absolute Gasteiger partial charge is 0.351 e. The summed E-state index contributed by atoms with van der Waals surface area (Å²) in [6, 6.07) is 8.94. The molecule has 0 unspecified atom stereocenters. The van der Waals surface area contributed by atoms with Crippen molar-refractivity contribution in [2.45, 2.75) is 0 Å². The van der Waals surface area contributed by atoms with Crippen molar-refractivity contribution < 1.29 is 0 Å². The Morgan fingerprint density at radius 1 is 1.13 bits per heavy atom. The molecule has 76 valence electrons. The maximum Gasteiger partial charge on any atom is 0.351 e. The van der Waals surface area contributed by atoms with E-state index in [1.807, 2.05) is 6.07 Å². The Labute approximate surface area is 85.2 Å². The second kappa shape index (κ2) is 3.53. The average molecular weight is 203 g/mol. The molecule has 1 aromatic heterocycles. The van der Waals surface area contributed by atoms with Crippen molar-refractivity contribution in [1.82, 2.24) is 14.3 Å². The van der Waals surface area contributed by atoms with Crippen molar-refractivity contribution in [3.05, 3.63) is 57.4 Å². The first kappa shape index (κ1) is 9.39. The Hall–Kier alpha value is -2.17.